The zero-order valence-corrected chi connectivity index (χ0v) is 33.6. The lowest BCUT2D eigenvalue weighted by Crippen LogP contribution is -2.50. The molecule has 1 fully saturated rings. The molecule has 55 heavy (non-hydrogen) atoms. The van der Waals surface area contributed by atoms with Crippen molar-refractivity contribution in [3.8, 4) is 0 Å². The summed E-state index contributed by atoms with van der Waals surface area (Å²) in [6.45, 7) is 17.6. The van der Waals surface area contributed by atoms with Crippen LogP contribution in [-0.4, -0.2) is 72.4 Å². The number of amides is 3. The highest BCUT2D eigenvalue weighted by molar-refractivity contribution is 6.03. The fourth-order valence-corrected chi connectivity index (χ4v) is 10.7. The van der Waals surface area contributed by atoms with E-state index in [2.05, 4.69) is 75.3 Å². The summed E-state index contributed by atoms with van der Waals surface area (Å²) in [5, 5.41) is 3.28. The molecule has 0 bridgehead atoms. The van der Waals surface area contributed by atoms with E-state index < -0.39 is 17.8 Å². The van der Waals surface area contributed by atoms with Crippen molar-refractivity contribution in [2.45, 2.75) is 116 Å². The number of hydroxylamine groups is 2. The Bertz CT molecular complexity index is 2270. The summed E-state index contributed by atoms with van der Waals surface area (Å²) in [7, 11) is 1.77. The third-order valence-corrected chi connectivity index (χ3v) is 13.0. The molecule has 0 N–H and O–H groups in total. The van der Waals surface area contributed by atoms with Crippen LogP contribution in [0, 0.1) is 0 Å². The summed E-state index contributed by atoms with van der Waals surface area (Å²) in [5.41, 5.74) is 12.0. The van der Waals surface area contributed by atoms with Crippen LogP contribution in [0.15, 0.2) is 42.5 Å². The molecule has 0 radical (unpaired) electrons. The molecule has 1 unspecified atom stereocenters. The van der Waals surface area contributed by atoms with E-state index in [9.17, 15) is 19.2 Å². The van der Waals surface area contributed by atoms with Gasteiger partial charge < -0.3 is 14.6 Å². The van der Waals surface area contributed by atoms with Gasteiger partial charge >= 0.3 is 5.97 Å². The van der Waals surface area contributed by atoms with Gasteiger partial charge in [-0.05, 0) is 115 Å². The normalized spacial score (nSPS) is 20.5. The maximum atomic E-state index is 14.5. The first kappa shape index (κ1) is 37.1. The molecule has 1 atom stereocenters. The molecule has 1 aliphatic carbocycles. The predicted molar refractivity (Wildman–Crippen MR) is 213 cm³/mol. The van der Waals surface area contributed by atoms with Gasteiger partial charge in [0, 0.05) is 85.6 Å². The van der Waals surface area contributed by atoms with Crippen molar-refractivity contribution in [1.29, 1.82) is 0 Å². The number of fused-ring (bicyclic) bond motifs is 4. The minimum Gasteiger partial charge on any atom is -0.366 e. The van der Waals surface area contributed by atoms with Crippen LogP contribution in [0.1, 0.15) is 142 Å². The molecule has 0 saturated carbocycles. The van der Waals surface area contributed by atoms with Crippen LogP contribution in [0.3, 0.4) is 0 Å². The fraction of sp³-hybridized carbons (Fsp3) is 0.500. The van der Waals surface area contributed by atoms with E-state index in [-0.39, 0.29) is 36.1 Å². The minimum absolute atomic E-state index is 0.0245. The van der Waals surface area contributed by atoms with Crippen LogP contribution in [-0.2, 0) is 37.5 Å². The van der Waals surface area contributed by atoms with Crippen molar-refractivity contribution >= 4 is 35.0 Å². The largest absolute Gasteiger partial charge is 0.366 e. The third-order valence-electron chi connectivity index (χ3n) is 13.0. The number of anilines is 1. The Labute approximate surface area is 324 Å². The molecule has 0 aromatic heterocycles. The highest BCUT2D eigenvalue weighted by atomic mass is 16.7. The molecule has 0 spiro atoms. The Morgan fingerprint density at radius 2 is 1.65 bits per heavy atom. The van der Waals surface area contributed by atoms with E-state index in [1.54, 1.807) is 11.9 Å². The molecular weight excluding hydrogens is 689 g/mol. The number of rotatable bonds is 8. The molecule has 9 heteroatoms. The highest BCUT2D eigenvalue weighted by Crippen LogP contribution is 2.50. The number of aryl methyl sites for hydroxylation is 1. The van der Waals surface area contributed by atoms with Crippen LogP contribution in [0.25, 0.3) is 5.57 Å². The van der Waals surface area contributed by atoms with Crippen molar-refractivity contribution in [3.63, 3.8) is 0 Å². The van der Waals surface area contributed by atoms with Gasteiger partial charge in [0.05, 0.1) is 0 Å². The molecule has 3 aromatic carbocycles. The van der Waals surface area contributed by atoms with Gasteiger partial charge in [0.2, 0.25) is 5.36 Å². The third kappa shape index (κ3) is 6.09. The molecule has 288 valence electrons. The Morgan fingerprint density at radius 1 is 0.945 bits per heavy atom. The lowest BCUT2D eigenvalue weighted by atomic mass is 9.64. The number of nitrogens with zero attached hydrogens (tertiary/aromatic N) is 4. The molecule has 9 nitrogen and oxygen atoms in total. The van der Waals surface area contributed by atoms with E-state index in [4.69, 9.17) is 4.84 Å². The van der Waals surface area contributed by atoms with Crippen LogP contribution < -0.4 is 20.1 Å². The molecule has 8 rings (SSSR count). The summed E-state index contributed by atoms with van der Waals surface area (Å²) >= 11 is 0. The van der Waals surface area contributed by atoms with Gasteiger partial charge in [-0.2, -0.15) is 0 Å². The topological polar surface area (TPSA) is 90.2 Å². The van der Waals surface area contributed by atoms with Crippen LogP contribution in [0.4, 0.5) is 5.69 Å². The van der Waals surface area contributed by atoms with Crippen molar-refractivity contribution < 1.29 is 24.0 Å². The van der Waals surface area contributed by atoms with Gasteiger partial charge in [0.15, 0.2) is 0 Å². The molecule has 3 amide bonds. The quantitative estimate of drug-likeness (QED) is 0.223. The Hall–Kier alpha value is -4.79. The number of carbonyl (C=O) groups is 4. The van der Waals surface area contributed by atoms with Crippen molar-refractivity contribution in [2.24, 2.45) is 0 Å². The lowest BCUT2D eigenvalue weighted by molar-refractivity contribution is -0.197. The molecule has 3 aromatic rings. The minimum atomic E-state index is -0.660. The van der Waals surface area contributed by atoms with Crippen molar-refractivity contribution in [3.05, 3.63) is 97.5 Å². The van der Waals surface area contributed by atoms with Crippen LogP contribution in [0.5, 0.6) is 0 Å². The second kappa shape index (κ2) is 13.7. The van der Waals surface area contributed by atoms with E-state index >= 15 is 0 Å². The Kier molecular flexibility index (Phi) is 9.29. The van der Waals surface area contributed by atoms with E-state index in [0.29, 0.717) is 29.5 Å². The fourth-order valence-electron chi connectivity index (χ4n) is 10.7. The smallest absolute Gasteiger partial charge is 0.333 e. The van der Waals surface area contributed by atoms with Crippen LogP contribution in [0.2, 0.25) is 0 Å². The van der Waals surface area contributed by atoms with E-state index in [1.807, 2.05) is 18.2 Å². The monoisotopic (exact) mass is 743 g/mol. The zero-order chi connectivity index (χ0) is 39.0. The standard InChI is InChI=1S/C46H55N4O5/c1-8-49-37-26-36-34(25-33(37)28(2)27-45(49,3)4)41(35-24-29-14-11-22-48-23-12-17-32(43(29)48)42(35)46(36,5)6)30-15-9-10-16-31(30)44(54)47(7)21-13-18-40(53)55-50-38(51)19-20-39(50)52/h9-10,15-16,24-26,28H,8,11-14,17-23,27H2,1-7H3/q+1. The van der Waals surface area contributed by atoms with E-state index in [1.165, 1.54) is 49.6 Å². The predicted octanol–water partition coefficient (Wildman–Crippen LogP) is 5.53. The summed E-state index contributed by atoms with van der Waals surface area (Å²) < 4.78 is 2.63. The van der Waals surface area contributed by atoms with Crippen molar-refractivity contribution in [1.82, 2.24) is 14.5 Å². The number of imide groups is 1. The average Bonchev–Trinajstić information content (AvgIpc) is 3.46. The van der Waals surface area contributed by atoms with Gasteiger partial charge in [0.1, 0.15) is 13.1 Å². The molecular formula is C46H55N4O5+. The molecule has 1 saturated heterocycles. The average molecular weight is 744 g/mol. The molecule has 5 aliphatic rings. The number of hydrogen-bond acceptors (Lipinski definition) is 6. The first-order chi connectivity index (χ1) is 26.2. The highest BCUT2D eigenvalue weighted by Gasteiger charge is 2.43. The lowest BCUT2D eigenvalue weighted by Gasteiger charge is -2.48. The van der Waals surface area contributed by atoms with Crippen LogP contribution >= 0.6 is 0 Å². The van der Waals surface area contributed by atoms with E-state index in [0.717, 1.165) is 62.9 Å². The summed E-state index contributed by atoms with van der Waals surface area (Å²) in [6, 6.07) is 15.5. The maximum Gasteiger partial charge on any atom is 0.333 e. The van der Waals surface area contributed by atoms with Gasteiger partial charge in [-0.25, -0.2) is 9.37 Å². The second-order valence-corrected chi connectivity index (χ2v) is 17.5. The number of carbonyl (C=O) groups excluding carboxylic acids is 4. The Balaban J connectivity index is 1.26. The van der Waals surface area contributed by atoms with Gasteiger partial charge in [0.25, 0.3) is 17.7 Å². The first-order valence-corrected chi connectivity index (χ1v) is 20.4. The molecule has 4 heterocycles. The summed E-state index contributed by atoms with van der Waals surface area (Å²) in [4.78, 5) is 60.3. The van der Waals surface area contributed by atoms with Gasteiger partial charge in [-0.15, -0.1) is 5.06 Å². The van der Waals surface area contributed by atoms with Crippen molar-refractivity contribution in [2.75, 3.05) is 38.1 Å². The second-order valence-electron chi connectivity index (χ2n) is 17.5. The molecule has 4 aliphatic heterocycles. The Morgan fingerprint density at radius 3 is 2.38 bits per heavy atom. The number of hydrogen-bond donors (Lipinski definition) is 0. The van der Waals surface area contributed by atoms with Gasteiger partial charge in [-0.3, -0.25) is 14.4 Å². The summed E-state index contributed by atoms with van der Waals surface area (Å²) in [5.74, 6) is -1.41. The summed E-state index contributed by atoms with van der Waals surface area (Å²) in [6.07, 6.45) is 5.86. The first-order valence-electron chi connectivity index (χ1n) is 20.4. The SMILES string of the molecule is CCN1c2cc3c(cc2C(C)CC1(C)C)C(c1ccccc1C(=O)N(C)CCCC(=O)ON1C(=O)CCC1=O)=c1cc2c4c(c1C3(C)C)CCC[N+]=4CCC2. The maximum absolute atomic E-state index is 14.5. The van der Waals surface area contributed by atoms with Gasteiger partial charge in [-0.1, -0.05) is 39.0 Å². The number of benzene rings is 3. The zero-order valence-electron chi connectivity index (χ0n) is 33.6.